The molecule has 0 saturated heterocycles. The highest BCUT2D eigenvalue weighted by molar-refractivity contribution is 7.21. The molecule has 5 aromatic rings. The minimum atomic E-state index is -0.706. The fraction of sp³-hybridized carbons (Fsp3) is 0.231. The predicted octanol–water partition coefficient (Wildman–Crippen LogP) is 6.21. The normalized spacial score (nSPS) is 12.8. The molecule has 0 saturated carbocycles. The zero-order chi connectivity index (χ0) is 27.7. The summed E-state index contributed by atoms with van der Waals surface area (Å²) in [6.45, 7) is 5.06. The number of rotatable bonds is 7. The Labute approximate surface area is 231 Å². The van der Waals surface area contributed by atoms with Gasteiger partial charge in [0.1, 0.15) is 23.0 Å². The summed E-state index contributed by atoms with van der Waals surface area (Å²) in [5.41, 5.74) is 2.64. The second kappa shape index (κ2) is 10.9. The molecule has 1 amide bonds. The molecule has 10 nitrogen and oxygen atoms in total. The van der Waals surface area contributed by atoms with Gasteiger partial charge in [-0.1, -0.05) is 11.6 Å². The van der Waals surface area contributed by atoms with Gasteiger partial charge < -0.3 is 14.2 Å². The molecule has 0 aliphatic rings. The predicted molar refractivity (Wildman–Crippen MR) is 146 cm³/mol. The summed E-state index contributed by atoms with van der Waals surface area (Å²) in [7, 11) is 1.51. The standard InChI is InChI=1S/C26H22ClFN6O4S/c1-12(13(2)38-26(35)32-16-9-29-14(3)30-10-16)37-21-8-22-19(7-18(21)28)34-25(39-22)17-5-15(27)6-20-24(17)31-11-23(33-20)36-4/h5-13H,1-4H3,(H,32,35)/t12-,13+/m0/s1. The Morgan fingerprint density at radius 3 is 2.54 bits per heavy atom. The van der Waals surface area contributed by atoms with Crippen molar-refractivity contribution < 1.29 is 23.4 Å². The Morgan fingerprint density at radius 2 is 1.79 bits per heavy atom. The lowest BCUT2D eigenvalue weighted by atomic mass is 10.2. The van der Waals surface area contributed by atoms with Crippen molar-refractivity contribution in [3.05, 3.63) is 59.5 Å². The molecular weight excluding hydrogens is 547 g/mol. The summed E-state index contributed by atoms with van der Waals surface area (Å²) in [5, 5.41) is 3.59. The lowest BCUT2D eigenvalue weighted by molar-refractivity contribution is 0.0402. The van der Waals surface area contributed by atoms with Gasteiger partial charge in [-0.25, -0.2) is 34.1 Å². The Kier molecular flexibility index (Phi) is 7.40. The number of fused-ring (bicyclic) bond motifs is 2. The molecule has 0 bridgehead atoms. The first-order valence-electron chi connectivity index (χ1n) is 11.7. The van der Waals surface area contributed by atoms with E-state index in [1.807, 2.05) is 0 Å². The number of aromatic nitrogens is 5. The fourth-order valence-electron chi connectivity index (χ4n) is 3.63. The number of carbonyl (C=O) groups excluding carboxylic acids is 1. The lowest BCUT2D eigenvalue weighted by Crippen LogP contribution is -2.32. The van der Waals surface area contributed by atoms with Gasteiger partial charge in [0.25, 0.3) is 0 Å². The molecule has 1 N–H and O–H groups in total. The largest absolute Gasteiger partial charge is 0.484 e. The minimum absolute atomic E-state index is 0.00785. The Balaban J connectivity index is 1.34. The third-order valence-electron chi connectivity index (χ3n) is 5.77. The summed E-state index contributed by atoms with van der Waals surface area (Å²) in [6.07, 6.45) is 2.39. The van der Waals surface area contributed by atoms with Gasteiger partial charge in [-0.15, -0.1) is 11.3 Å². The first-order valence-corrected chi connectivity index (χ1v) is 12.9. The summed E-state index contributed by atoms with van der Waals surface area (Å²) < 4.78 is 32.0. The summed E-state index contributed by atoms with van der Waals surface area (Å²) >= 11 is 7.67. The van der Waals surface area contributed by atoms with E-state index in [0.29, 0.717) is 54.2 Å². The number of nitrogens with zero attached hydrogens (tertiary/aromatic N) is 5. The molecule has 0 aliphatic carbocycles. The van der Waals surface area contributed by atoms with Crippen molar-refractivity contribution in [2.75, 3.05) is 12.4 Å². The topological polar surface area (TPSA) is 121 Å². The molecule has 0 spiro atoms. The van der Waals surface area contributed by atoms with Crippen molar-refractivity contribution in [1.82, 2.24) is 24.9 Å². The van der Waals surface area contributed by atoms with Gasteiger partial charge in [-0.05, 0) is 32.9 Å². The van der Waals surface area contributed by atoms with E-state index < -0.39 is 24.1 Å². The van der Waals surface area contributed by atoms with Gasteiger partial charge in [0.15, 0.2) is 11.6 Å². The average Bonchev–Trinajstić information content (AvgIpc) is 3.31. The highest BCUT2D eigenvalue weighted by Gasteiger charge is 2.22. The van der Waals surface area contributed by atoms with Crippen LogP contribution in [0.1, 0.15) is 19.7 Å². The van der Waals surface area contributed by atoms with Crippen LogP contribution >= 0.6 is 22.9 Å². The monoisotopic (exact) mass is 568 g/mol. The van der Waals surface area contributed by atoms with E-state index in [1.54, 1.807) is 39.0 Å². The minimum Gasteiger partial charge on any atom is -0.484 e. The maximum Gasteiger partial charge on any atom is 0.412 e. The molecular formula is C26H22ClFN6O4S. The van der Waals surface area contributed by atoms with Crippen molar-refractivity contribution >= 4 is 56.0 Å². The first kappa shape index (κ1) is 26.4. The van der Waals surface area contributed by atoms with Crippen LogP contribution in [0.4, 0.5) is 14.9 Å². The van der Waals surface area contributed by atoms with Crippen molar-refractivity contribution in [3.8, 4) is 22.2 Å². The Hall–Kier alpha value is -4.16. The number of hydrogen-bond acceptors (Lipinski definition) is 10. The number of nitrogens with one attached hydrogen (secondary N) is 1. The molecule has 3 aromatic heterocycles. The quantitative estimate of drug-likeness (QED) is 0.244. The summed E-state index contributed by atoms with van der Waals surface area (Å²) in [4.78, 5) is 33.7. The molecule has 39 heavy (non-hydrogen) atoms. The second-order valence-electron chi connectivity index (χ2n) is 8.58. The van der Waals surface area contributed by atoms with Crippen molar-refractivity contribution in [1.29, 1.82) is 0 Å². The van der Waals surface area contributed by atoms with Crippen molar-refractivity contribution in [2.24, 2.45) is 0 Å². The zero-order valence-electron chi connectivity index (χ0n) is 21.2. The molecule has 3 heterocycles. The van der Waals surface area contributed by atoms with E-state index in [1.165, 1.54) is 43.1 Å². The van der Waals surface area contributed by atoms with Gasteiger partial charge in [0.2, 0.25) is 5.88 Å². The molecule has 0 unspecified atom stereocenters. The van der Waals surface area contributed by atoms with Crippen LogP contribution in [-0.4, -0.2) is 50.3 Å². The number of methoxy groups -OCH3 is 1. The Bertz CT molecular complexity index is 1680. The smallest absolute Gasteiger partial charge is 0.412 e. The summed E-state index contributed by atoms with van der Waals surface area (Å²) in [6, 6.07) is 6.30. The van der Waals surface area contributed by atoms with E-state index in [-0.39, 0.29) is 5.75 Å². The second-order valence-corrected chi connectivity index (χ2v) is 10.0. The summed E-state index contributed by atoms with van der Waals surface area (Å²) in [5.74, 6) is 0.345. The van der Waals surface area contributed by atoms with E-state index >= 15 is 0 Å². The number of ether oxygens (including phenoxy) is 3. The van der Waals surface area contributed by atoms with Crippen LogP contribution in [0.3, 0.4) is 0 Å². The van der Waals surface area contributed by atoms with Crippen LogP contribution in [-0.2, 0) is 4.74 Å². The number of amides is 1. The highest BCUT2D eigenvalue weighted by atomic mass is 35.5. The molecule has 2 atom stereocenters. The molecule has 13 heteroatoms. The van der Waals surface area contributed by atoms with Gasteiger partial charge in [-0.2, -0.15) is 0 Å². The number of benzene rings is 2. The number of anilines is 1. The number of carbonyl (C=O) groups is 1. The number of thiazole rings is 1. The third-order valence-corrected chi connectivity index (χ3v) is 7.03. The average molecular weight is 569 g/mol. The van der Waals surface area contributed by atoms with Gasteiger partial charge >= 0.3 is 6.09 Å². The molecule has 5 rings (SSSR count). The fourth-order valence-corrected chi connectivity index (χ4v) is 4.84. The van der Waals surface area contributed by atoms with E-state index in [0.717, 1.165) is 0 Å². The number of aryl methyl sites for hydroxylation is 1. The Morgan fingerprint density at radius 1 is 1.03 bits per heavy atom. The molecule has 0 fully saturated rings. The molecule has 0 radical (unpaired) electrons. The van der Waals surface area contributed by atoms with E-state index in [4.69, 9.17) is 25.8 Å². The van der Waals surface area contributed by atoms with Crippen molar-refractivity contribution in [3.63, 3.8) is 0 Å². The van der Waals surface area contributed by atoms with Crippen LogP contribution in [0, 0.1) is 12.7 Å². The molecule has 2 aromatic carbocycles. The maximum absolute atomic E-state index is 15.0. The van der Waals surface area contributed by atoms with Crippen LogP contribution < -0.4 is 14.8 Å². The zero-order valence-corrected chi connectivity index (χ0v) is 22.8. The maximum atomic E-state index is 15.0. The third kappa shape index (κ3) is 5.81. The lowest BCUT2D eigenvalue weighted by Gasteiger charge is -2.22. The van der Waals surface area contributed by atoms with Crippen LogP contribution in [0.25, 0.3) is 31.8 Å². The van der Waals surface area contributed by atoms with Crippen LogP contribution in [0.15, 0.2) is 42.9 Å². The van der Waals surface area contributed by atoms with Gasteiger partial charge in [-0.3, -0.25) is 5.32 Å². The number of hydrogen-bond donors (Lipinski definition) is 1. The van der Waals surface area contributed by atoms with Crippen molar-refractivity contribution in [2.45, 2.75) is 33.0 Å². The first-order chi connectivity index (χ1) is 18.7. The van der Waals surface area contributed by atoms with Gasteiger partial charge in [0, 0.05) is 22.7 Å². The molecule has 0 aliphatic heterocycles. The van der Waals surface area contributed by atoms with E-state index in [9.17, 15) is 9.18 Å². The highest BCUT2D eigenvalue weighted by Crippen LogP contribution is 2.38. The van der Waals surface area contributed by atoms with Crippen LogP contribution in [0.2, 0.25) is 5.02 Å². The number of halogens is 2. The SMILES string of the molecule is COc1cnc2c(-c3nc4cc(F)c(O[C@@H](C)[C@@H](C)OC(=O)Nc5cnc(C)nc5)cc4s3)cc(Cl)cc2n1. The van der Waals surface area contributed by atoms with E-state index in [2.05, 4.69) is 30.2 Å². The molecule has 200 valence electrons. The van der Waals surface area contributed by atoms with Crippen LogP contribution in [0.5, 0.6) is 11.6 Å². The van der Waals surface area contributed by atoms with Gasteiger partial charge in [0.05, 0.1) is 52.6 Å².